The van der Waals surface area contributed by atoms with Crippen LogP contribution in [0.4, 0.5) is 0 Å². The van der Waals surface area contributed by atoms with Gasteiger partial charge in [-0.25, -0.2) is 0 Å². The van der Waals surface area contributed by atoms with Crippen molar-refractivity contribution in [3.8, 4) is 0 Å². The van der Waals surface area contributed by atoms with Crippen LogP contribution in [0.1, 0.15) is 62.5 Å². The Bertz CT molecular complexity index is 823. The summed E-state index contributed by atoms with van der Waals surface area (Å²) in [4.78, 5) is 25.5. The van der Waals surface area contributed by atoms with E-state index in [-0.39, 0.29) is 23.1 Å². The number of halogens is 1. The van der Waals surface area contributed by atoms with E-state index in [0.717, 1.165) is 17.5 Å². The Labute approximate surface area is 179 Å². The van der Waals surface area contributed by atoms with E-state index in [1.165, 1.54) is 0 Å². The Morgan fingerprint density at radius 1 is 1.00 bits per heavy atom. The monoisotopic (exact) mass is 414 g/mol. The average Bonchev–Trinajstić information content (AvgIpc) is 2.70. The minimum absolute atomic E-state index is 0.0121. The second-order valence-corrected chi connectivity index (χ2v) is 8.94. The summed E-state index contributed by atoms with van der Waals surface area (Å²) in [6.07, 6.45) is 0.780. The number of hydrogen-bond donors (Lipinski definition) is 2. The first kappa shape index (κ1) is 23.0. The Kier molecular flexibility index (Phi) is 7.86. The summed E-state index contributed by atoms with van der Waals surface area (Å²) in [6, 6.07) is 14.3. The number of benzene rings is 2. The van der Waals surface area contributed by atoms with Gasteiger partial charge in [0.15, 0.2) is 0 Å². The molecule has 0 aliphatic carbocycles. The standard InChI is InChI=1S/C24H31ClN2O2/c1-6-16(2)21(23(29)26-15-17-7-13-20(25)14-8-17)27-22(28)18-9-11-19(12-10-18)24(3,4)5/h7-14,16,21H,6,15H2,1-5H3,(H,26,29)(H,27,28)/t16-,21-/m0/s1. The topological polar surface area (TPSA) is 58.2 Å². The second kappa shape index (κ2) is 9.93. The van der Waals surface area contributed by atoms with Gasteiger partial charge in [-0.05, 0) is 46.7 Å². The van der Waals surface area contributed by atoms with Gasteiger partial charge in [0.05, 0.1) is 0 Å². The third kappa shape index (κ3) is 6.60. The first-order valence-corrected chi connectivity index (χ1v) is 10.4. The molecular formula is C24H31ClN2O2. The third-order valence-electron chi connectivity index (χ3n) is 5.18. The molecule has 0 bridgehead atoms. The molecule has 0 heterocycles. The maximum Gasteiger partial charge on any atom is 0.251 e. The fourth-order valence-corrected chi connectivity index (χ4v) is 3.08. The highest BCUT2D eigenvalue weighted by atomic mass is 35.5. The van der Waals surface area contributed by atoms with E-state index >= 15 is 0 Å². The van der Waals surface area contributed by atoms with Crippen molar-refractivity contribution in [3.63, 3.8) is 0 Å². The second-order valence-electron chi connectivity index (χ2n) is 8.51. The van der Waals surface area contributed by atoms with Gasteiger partial charge in [-0.3, -0.25) is 9.59 Å². The van der Waals surface area contributed by atoms with Crippen molar-refractivity contribution >= 4 is 23.4 Å². The van der Waals surface area contributed by atoms with Crippen LogP contribution in [0.25, 0.3) is 0 Å². The lowest BCUT2D eigenvalue weighted by Gasteiger charge is -2.24. The number of carbonyl (C=O) groups is 2. The summed E-state index contributed by atoms with van der Waals surface area (Å²) in [6.45, 7) is 10.8. The molecular weight excluding hydrogens is 384 g/mol. The van der Waals surface area contributed by atoms with Gasteiger partial charge < -0.3 is 10.6 Å². The Balaban J connectivity index is 2.06. The van der Waals surface area contributed by atoms with Gasteiger partial charge in [0.1, 0.15) is 6.04 Å². The number of amides is 2. The number of carbonyl (C=O) groups excluding carboxylic acids is 2. The molecule has 0 radical (unpaired) electrons. The molecule has 0 fully saturated rings. The van der Waals surface area contributed by atoms with E-state index in [2.05, 4.69) is 31.4 Å². The smallest absolute Gasteiger partial charge is 0.251 e. The molecule has 4 nitrogen and oxygen atoms in total. The normalized spacial score (nSPS) is 13.4. The van der Waals surface area contributed by atoms with Crippen molar-refractivity contribution in [2.24, 2.45) is 5.92 Å². The molecule has 2 atom stereocenters. The largest absolute Gasteiger partial charge is 0.350 e. The van der Waals surface area contributed by atoms with Crippen molar-refractivity contribution in [1.82, 2.24) is 10.6 Å². The highest BCUT2D eigenvalue weighted by molar-refractivity contribution is 6.30. The van der Waals surface area contributed by atoms with Crippen LogP contribution in [0, 0.1) is 5.92 Å². The zero-order chi connectivity index (χ0) is 21.6. The zero-order valence-electron chi connectivity index (χ0n) is 17.9. The van der Waals surface area contributed by atoms with E-state index in [9.17, 15) is 9.59 Å². The minimum Gasteiger partial charge on any atom is -0.350 e. The maximum absolute atomic E-state index is 12.8. The predicted molar refractivity (Wildman–Crippen MR) is 119 cm³/mol. The molecule has 29 heavy (non-hydrogen) atoms. The predicted octanol–water partition coefficient (Wildman–Crippen LogP) is 5.10. The van der Waals surface area contributed by atoms with Crippen LogP contribution >= 0.6 is 11.6 Å². The van der Waals surface area contributed by atoms with Gasteiger partial charge in [-0.1, -0.05) is 76.9 Å². The Morgan fingerprint density at radius 2 is 1.59 bits per heavy atom. The highest BCUT2D eigenvalue weighted by Gasteiger charge is 2.26. The highest BCUT2D eigenvalue weighted by Crippen LogP contribution is 2.22. The van der Waals surface area contributed by atoms with Gasteiger partial charge in [0.25, 0.3) is 5.91 Å². The van der Waals surface area contributed by atoms with Crippen LogP contribution in [-0.4, -0.2) is 17.9 Å². The molecule has 0 aromatic heterocycles. The molecule has 2 amide bonds. The molecule has 0 saturated heterocycles. The van der Waals surface area contributed by atoms with Crippen molar-refractivity contribution in [1.29, 1.82) is 0 Å². The van der Waals surface area contributed by atoms with Crippen molar-refractivity contribution < 1.29 is 9.59 Å². The quantitative estimate of drug-likeness (QED) is 0.662. The van der Waals surface area contributed by atoms with Crippen LogP contribution in [0.5, 0.6) is 0 Å². The fourth-order valence-electron chi connectivity index (χ4n) is 2.95. The molecule has 156 valence electrons. The molecule has 2 aromatic rings. The lowest BCUT2D eigenvalue weighted by Crippen LogP contribution is -2.50. The molecule has 0 aliphatic heterocycles. The summed E-state index contributed by atoms with van der Waals surface area (Å²) in [7, 11) is 0. The molecule has 0 unspecified atom stereocenters. The fraction of sp³-hybridized carbons (Fsp3) is 0.417. The number of rotatable bonds is 7. The molecule has 2 N–H and O–H groups in total. The zero-order valence-corrected chi connectivity index (χ0v) is 18.6. The Hall–Kier alpha value is -2.33. The first-order valence-electron chi connectivity index (χ1n) is 10.1. The van der Waals surface area contributed by atoms with Crippen LogP contribution in [-0.2, 0) is 16.8 Å². The molecule has 2 aromatic carbocycles. The van der Waals surface area contributed by atoms with E-state index < -0.39 is 6.04 Å². The molecule has 0 spiro atoms. The van der Waals surface area contributed by atoms with E-state index in [1.54, 1.807) is 12.1 Å². The van der Waals surface area contributed by atoms with Crippen molar-refractivity contribution in [2.75, 3.05) is 0 Å². The van der Waals surface area contributed by atoms with Crippen LogP contribution in [0.3, 0.4) is 0 Å². The van der Waals surface area contributed by atoms with Gasteiger partial charge in [0.2, 0.25) is 5.91 Å². The summed E-state index contributed by atoms with van der Waals surface area (Å²) < 4.78 is 0. The van der Waals surface area contributed by atoms with E-state index in [1.807, 2.05) is 50.2 Å². The molecule has 0 aliphatic rings. The van der Waals surface area contributed by atoms with Gasteiger partial charge in [-0.15, -0.1) is 0 Å². The van der Waals surface area contributed by atoms with E-state index in [0.29, 0.717) is 17.1 Å². The SMILES string of the molecule is CC[C@H](C)[C@H](NC(=O)c1ccc(C(C)(C)C)cc1)C(=O)NCc1ccc(Cl)cc1. The van der Waals surface area contributed by atoms with Crippen LogP contribution in [0.2, 0.25) is 5.02 Å². The number of nitrogens with one attached hydrogen (secondary N) is 2. The van der Waals surface area contributed by atoms with Gasteiger partial charge >= 0.3 is 0 Å². The first-order chi connectivity index (χ1) is 13.6. The summed E-state index contributed by atoms with van der Waals surface area (Å²) in [5.41, 5.74) is 2.69. The molecule has 0 saturated carbocycles. The molecule has 5 heteroatoms. The lowest BCUT2D eigenvalue weighted by molar-refractivity contribution is -0.124. The average molecular weight is 415 g/mol. The Morgan fingerprint density at radius 3 is 2.10 bits per heavy atom. The summed E-state index contributed by atoms with van der Waals surface area (Å²) in [5.74, 6) is -0.413. The maximum atomic E-state index is 12.8. The number of hydrogen-bond acceptors (Lipinski definition) is 2. The minimum atomic E-state index is -0.595. The van der Waals surface area contributed by atoms with Crippen molar-refractivity contribution in [3.05, 3.63) is 70.2 Å². The van der Waals surface area contributed by atoms with Gasteiger partial charge in [-0.2, -0.15) is 0 Å². The van der Waals surface area contributed by atoms with Gasteiger partial charge in [0, 0.05) is 17.1 Å². The summed E-state index contributed by atoms with van der Waals surface area (Å²) >= 11 is 5.90. The van der Waals surface area contributed by atoms with Crippen molar-refractivity contribution in [2.45, 2.75) is 59.0 Å². The van der Waals surface area contributed by atoms with Crippen LogP contribution in [0.15, 0.2) is 48.5 Å². The lowest BCUT2D eigenvalue weighted by atomic mass is 9.86. The summed E-state index contributed by atoms with van der Waals surface area (Å²) in [5, 5.41) is 6.49. The molecule has 2 rings (SSSR count). The van der Waals surface area contributed by atoms with Crippen LogP contribution < -0.4 is 10.6 Å². The van der Waals surface area contributed by atoms with E-state index in [4.69, 9.17) is 11.6 Å². The third-order valence-corrected chi connectivity index (χ3v) is 5.43.